The first-order chi connectivity index (χ1) is 18.6. The molecule has 1 aromatic rings. The van der Waals surface area contributed by atoms with Gasteiger partial charge in [0.2, 0.25) is 17.7 Å². The molecular formula is C31H50N4O5. The molecule has 0 saturated heterocycles. The highest BCUT2D eigenvalue weighted by molar-refractivity contribution is 5.94. The highest BCUT2D eigenvalue weighted by atomic mass is 16.6. The van der Waals surface area contributed by atoms with Crippen molar-refractivity contribution in [3.05, 3.63) is 42.0 Å². The largest absolute Gasteiger partial charge is 0.444 e. The van der Waals surface area contributed by atoms with Gasteiger partial charge in [0.25, 0.3) is 0 Å². The molecule has 0 radical (unpaired) electrons. The Labute approximate surface area is 240 Å². The van der Waals surface area contributed by atoms with E-state index >= 15 is 0 Å². The Bertz CT molecular complexity index is 1020. The Morgan fingerprint density at radius 3 is 2.23 bits per heavy atom. The summed E-state index contributed by atoms with van der Waals surface area (Å²) in [7, 11) is 0. The second-order valence-corrected chi connectivity index (χ2v) is 11.9. The highest BCUT2D eigenvalue weighted by Crippen LogP contribution is 2.29. The first-order valence-electron chi connectivity index (χ1n) is 14.2. The van der Waals surface area contributed by atoms with Crippen molar-refractivity contribution in [1.82, 2.24) is 15.5 Å². The van der Waals surface area contributed by atoms with Crippen molar-refractivity contribution in [2.24, 2.45) is 11.7 Å². The van der Waals surface area contributed by atoms with Crippen LogP contribution in [-0.2, 0) is 19.1 Å². The van der Waals surface area contributed by atoms with Gasteiger partial charge in [-0.25, -0.2) is 4.79 Å². The Morgan fingerprint density at radius 2 is 1.70 bits per heavy atom. The van der Waals surface area contributed by atoms with Crippen molar-refractivity contribution < 1.29 is 23.9 Å². The number of rotatable bonds is 15. The van der Waals surface area contributed by atoms with E-state index in [9.17, 15) is 19.2 Å². The zero-order valence-electron chi connectivity index (χ0n) is 25.6. The summed E-state index contributed by atoms with van der Waals surface area (Å²) in [5.74, 6) is -1.34. The van der Waals surface area contributed by atoms with E-state index in [1.807, 2.05) is 39.0 Å². The summed E-state index contributed by atoms with van der Waals surface area (Å²) in [6, 6.07) is 4.41. The smallest absolute Gasteiger partial charge is 0.408 e. The summed E-state index contributed by atoms with van der Waals surface area (Å²) >= 11 is 0. The summed E-state index contributed by atoms with van der Waals surface area (Å²) in [6.45, 7) is 18.9. The fourth-order valence-electron chi connectivity index (χ4n) is 4.46. The predicted octanol–water partition coefficient (Wildman–Crippen LogP) is 5.10. The Morgan fingerprint density at radius 1 is 1.05 bits per heavy atom. The van der Waals surface area contributed by atoms with Gasteiger partial charge in [-0.3, -0.25) is 14.4 Å². The number of benzene rings is 1. The van der Waals surface area contributed by atoms with Gasteiger partial charge in [-0.05, 0) is 77.0 Å². The van der Waals surface area contributed by atoms with E-state index in [0.717, 1.165) is 24.8 Å². The van der Waals surface area contributed by atoms with Crippen LogP contribution in [0.3, 0.4) is 0 Å². The molecule has 0 aliphatic carbocycles. The number of nitrogens with one attached hydrogen (secondary N) is 2. The van der Waals surface area contributed by atoms with Crippen LogP contribution >= 0.6 is 0 Å². The molecule has 224 valence electrons. The molecule has 0 saturated carbocycles. The predicted molar refractivity (Wildman–Crippen MR) is 159 cm³/mol. The molecule has 4 atom stereocenters. The fraction of sp³-hybridized carbons (Fsp3) is 0.613. The number of hydrogen-bond acceptors (Lipinski definition) is 5. The number of primary amides is 1. The van der Waals surface area contributed by atoms with Gasteiger partial charge in [0, 0.05) is 12.1 Å². The van der Waals surface area contributed by atoms with Crippen molar-refractivity contribution in [2.45, 2.75) is 117 Å². The molecule has 0 bridgehead atoms. The summed E-state index contributed by atoms with van der Waals surface area (Å²) in [5.41, 5.74) is 6.07. The van der Waals surface area contributed by atoms with Crippen molar-refractivity contribution >= 4 is 29.9 Å². The van der Waals surface area contributed by atoms with E-state index < -0.39 is 48.1 Å². The summed E-state index contributed by atoms with van der Waals surface area (Å²) in [4.78, 5) is 54.4. The standard InChI is InChI=1S/C31H50N4O5/c1-10-13-21(5)33-28(37)27(24-15-12-14-23(11-2)18-24)35(22(6)17-16-20(3)4)29(38)25(19-26(32)36)34-30(39)40-31(7,8)9/h11-12,14-15,18,20-22,25,27H,2,10,13,16-17,19H2,1,3-9H3,(H2,32,36)(H,33,37)(H,34,39). The lowest BCUT2D eigenvalue weighted by atomic mass is 9.95. The van der Waals surface area contributed by atoms with Crippen LogP contribution in [0, 0.1) is 5.92 Å². The van der Waals surface area contributed by atoms with Gasteiger partial charge in [-0.15, -0.1) is 0 Å². The van der Waals surface area contributed by atoms with Crippen LogP contribution in [0.15, 0.2) is 30.8 Å². The number of carbonyl (C=O) groups excluding carboxylic acids is 4. The lowest BCUT2D eigenvalue weighted by Crippen LogP contribution is -2.56. The monoisotopic (exact) mass is 558 g/mol. The number of amides is 4. The number of carbonyl (C=O) groups is 4. The minimum absolute atomic E-state index is 0.119. The third-order valence-corrected chi connectivity index (χ3v) is 6.38. The van der Waals surface area contributed by atoms with Crippen LogP contribution < -0.4 is 16.4 Å². The average Bonchev–Trinajstić information content (AvgIpc) is 2.83. The molecule has 9 nitrogen and oxygen atoms in total. The van der Waals surface area contributed by atoms with Gasteiger partial charge in [0.15, 0.2) is 0 Å². The zero-order valence-corrected chi connectivity index (χ0v) is 25.6. The lowest BCUT2D eigenvalue weighted by molar-refractivity contribution is -0.146. The van der Waals surface area contributed by atoms with Gasteiger partial charge in [-0.2, -0.15) is 0 Å². The quantitative estimate of drug-likeness (QED) is 0.276. The molecule has 0 aliphatic rings. The van der Waals surface area contributed by atoms with E-state index in [1.165, 1.54) is 4.90 Å². The van der Waals surface area contributed by atoms with E-state index in [4.69, 9.17) is 10.5 Å². The molecule has 0 fully saturated rings. The summed E-state index contributed by atoms with van der Waals surface area (Å²) in [6.07, 6.45) is 3.43. The second-order valence-electron chi connectivity index (χ2n) is 11.9. The van der Waals surface area contributed by atoms with Crippen LogP contribution in [0.2, 0.25) is 0 Å². The maximum absolute atomic E-state index is 14.3. The first-order valence-corrected chi connectivity index (χ1v) is 14.2. The number of alkyl carbamates (subject to hydrolysis) is 1. The molecule has 0 spiro atoms. The van der Waals surface area contributed by atoms with Gasteiger partial charge < -0.3 is 26.0 Å². The topological polar surface area (TPSA) is 131 Å². The second kappa shape index (κ2) is 16.0. The lowest BCUT2D eigenvalue weighted by Gasteiger charge is -2.39. The number of nitrogens with two attached hydrogens (primary N) is 1. The van der Waals surface area contributed by atoms with Crippen molar-refractivity contribution in [3.63, 3.8) is 0 Å². The van der Waals surface area contributed by atoms with Gasteiger partial charge >= 0.3 is 6.09 Å². The third kappa shape index (κ3) is 11.8. The number of nitrogens with zero attached hydrogens (tertiary/aromatic N) is 1. The Kier molecular flexibility index (Phi) is 13.9. The summed E-state index contributed by atoms with van der Waals surface area (Å²) in [5, 5.41) is 5.59. The van der Waals surface area contributed by atoms with Crippen LogP contribution in [-0.4, -0.2) is 52.4 Å². The molecule has 40 heavy (non-hydrogen) atoms. The minimum Gasteiger partial charge on any atom is -0.444 e. The molecular weight excluding hydrogens is 508 g/mol. The van der Waals surface area contributed by atoms with E-state index in [2.05, 4.69) is 31.1 Å². The Hall–Kier alpha value is -3.36. The van der Waals surface area contributed by atoms with Crippen LogP contribution in [0.4, 0.5) is 4.79 Å². The molecule has 1 rings (SSSR count). The minimum atomic E-state index is -1.32. The molecule has 1 aromatic carbocycles. The normalized spacial score (nSPS) is 14.4. The number of ether oxygens (including phenoxy) is 1. The van der Waals surface area contributed by atoms with Crippen LogP contribution in [0.25, 0.3) is 6.08 Å². The van der Waals surface area contributed by atoms with Crippen molar-refractivity contribution in [1.29, 1.82) is 0 Å². The van der Waals surface area contributed by atoms with Crippen LogP contribution in [0.1, 0.15) is 105 Å². The molecule has 0 aliphatic heterocycles. The first kappa shape index (κ1) is 34.7. The Balaban J connectivity index is 3.70. The average molecular weight is 559 g/mol. The van der Waals surface area contributed by atoms with Crippen molar-refractivity contribution in [3.8, 4) is 0 Å². The van der Waals surface area contributed by atoms with Gasteiger partial charge in [0.1, 0.15) is 17.7 Å². The van der Waals surface area contributed by atoms with Crippen molar-refractivity contribution in [2.75, 3.05) is 0 Å². The summed E-state index contributed by atoms with van der Waals surface area (Å²) < 4.78 is 5.36. The highest BCUT2D eigenvalue weighted by Gasteiger charge is 2.39. The molecule has 9 heteroatoms. The van der Waals surface area contributed by atoms with E-state index in [0.29, 0.717) is 17.9 Å². The maximum atomic E-state index is 14.3. The molecule has 4 amide bonds. The molecule has 4 N–H and O–H groups in total. The fourth-order valence-corrected chi connectivity index (χ4v) is 4.46. The molecule has 0 heterocycles. The number of hydrogen-bond donors (Lipinski definition) is 3. The molecule has 0 aromatic heterocycles. The van der Waals surface area contributed by atoms with Crippen LogP contribution in [0.5, 0.6) is 0 Å². The third-order valence-electron chi connectivity index (χ3n) is 6.38. The SMILES string of the molecule is C=Cc1cccc(C(C(=O)NC(C)CCC)N(C(=O)C(CC(N)=O)NC(=O)OC(C)(C)C)C(C)CCC(C)C)c1. The van der Waals surface area contributed by atoms with Gasteiger partial charge in [-0.1, -0.05) is 58.0 Å². The molecule has 4 unspecified atom stereocenters. The zero-order chi connectivity index (χ0) is 30.6. The maximum Gasteiger partial charge on any atom is 0.408 e. The van der Waals surface area contributed by atoms with E-state index in [-0.39, 0.29) is 11.9 Å². The van der Waals surface area contributed by atoms with E-state index in [1.54, 1.807) is 32.9 Å². The van der Waals surface area contributed by atoms with Gasteiger partial charge in [0.05, 0.1) is 6.42 Å².